The molecule has 4 amide bonds. The number of hydrogen-bond acceptors (Lipinski definition) is 6. The molecular formula is C22H28N4O4. The van der Waals surface area contributed by atoms with Crippen molar-refractivity contribution < 1.29 is 19.2 Å². The van der Waals surface area contributed by atoms with Gasteiger partial charge in [0.1, 0.15) is 6.04 Å². The SMILES string of the molecule is CC(C)(C)N1CCC[C@@H](Nc2ccc3c(c2)C(=O)N([C@H]2CCC(=O)NC2=O)C3=O)C1. The molecule has 1 aromatic rings. The molecule has 8 nitrogen and oxygen atoms in total. The highest BCUT2D eigenvalue weighted by Crippen LogP contribution is 2.30. The van der Waals surface area contributed by atoms with E-state index in [-0.39, 0.29) is 30.3 Å². The quantitative estimate of drug-likeness (QED) is 0.734. The summed E-state index contributed by atoms with van der Waals surface area (Å²) in [5, 5.41) is 5.72. The van der Waals surface area contributed by atoms with Gasteiger partial charge in [-0.2, -0.15) is 0 Å². The highest BCUT2D eigenvalue weighted by molar-refractivity contribution is 6.23. The fourth-order valence-electron chi connectivity index (χ4n) is 4.50. The van der Waals surface area contributed by atoms with Crippen LogP contribution in [0.25, 0.3) is 0 Å². The number of likely N-dealkylation sites (tertiary alicyclic amines) is 1. The minimum Gasteiger partial charge on any atom is -0.381 e. The van der Waals surface area contributed by atoms with Gasteiger partial charge in [-0.1, -0.05) is 0 Å². The van der Waals surface area contributed by atoms with Crippen LogP contribution in [0.3, 0.4) is 0 Å². The second-order valence-electron chi connectivity index (χ2n) is 9.31. The van der Waals surface area contributed by atoms with E-state index in [0.29, 0.717) is 11.1 Å². The van der Waals surface area contributed by atoms with Crippen LogP contribution in [0.2, 0.25) is 0 Å². The zero-order valence-electron chi connectivity index (χ0n) is 17.7. The Labute approximate surface area is 176 Å². The Hall–Kier alpha value is -2.74. The summed E-state index contributed by atoms with van der Waals surface area (Å²) >= 11 is 0. The molecule has 160 valence electrons. The fraction of sp³-hybridized carbons (Fsp3) is 0.545. The molecule has 3 heterocycles. The van der Waals surface area contributed by atoms with Gasteiger partial charge < -0.3 is 5.32 Å². The van der Waals surface area contributed by atoms with E-state index in [0.717, 1.165) is 36.5 Å². The lowest BCUT2D eigenvalue weighted by Gasteiger charge is -2.42. The van der Waals surface area contributed by atoms with Crippen molar-refractivity contribution in [2.24, 2.45) is 0 Å². The van der Waals surface area contributed by atoms with Crippen molar-refractivity contribution in [3.63, 3.8) is 0 Å². The molecule has 2 saturated heterocycles. The Morgan fingerprint density at radius 1 is 1.03 bits per heavy atom. The minimum atomic E-state index is -0.940. The average molecular weight is 412 g/mol. The Balaban J connectivity index is 1.51. The van der Waals surface area contributed by atoms with Gasteiger partial charge in [0, 0.05) is 30.2 Å². The maximum atomic E-state index is 13.0. The number of imide groups is 2. The van der Waals surface area contributed by atoms with E-state index in [1.165, 1.54) is 0 Å². The van der Waals surface area contributed by atoms with Crippen molar-refractivity contribution in [2.75, 3.05) is 18.4 Å². The fourth-order valence-corrected chi connectivity index (χ4v) is 4.50. The van der Waals surface area contributed by atoms with Crippen LogP contribution in [-0.4, -0.2) is 64.1 Å². The van der Waals surface area contributed by atoms with Crippen LogP contribution >= 0.6 is 0 Å². The van der Waals surface area contributed by atoms with Crippen LogP contribution in [0.4, 0.5) is 5.69 Å². The lowest BCUT2D eigenvalue weighted by atomic mass is 9.98. The van der Waals surface area contributed by atoms with Crippen LogP contribution in [0.5, 0.6) is 0 Å². The van der Waals surface area contributed by atoms with Crippen LogP contribution in [0, 0.1) is 0 Å². The van der Waals surface area contributed by atoms with Crippen LogP contribution < -0.4 is 10.6 Å². The Morgan fingerprint density at radius 2 is 1.77 bits per heavy atom. The van der Waals surface area contributed by atoms with Gasteiger partial charge >= 0.3 is 0 Å². The minimum absolute atomic E-state index is 0.100. The van der Waals surface area contributed by atoms with Crippen molar-refractivity contribution in [1.82, 2.24) is 15.1 Å². The molecule has 0 saturated carbocycles. The third-order valence-corrected chi connectivity index (χ3v) is 6.18. The molecule has 3 aliphatic heterocycles. The molecule has 0 aliphatic carbocycles. The Bertz CT molecular complexity index is 920. The van der Waals surface area contributed by atoms with Gasteiger partial charge in [-0.25, -0.2) is 0 Å². The van der Waals surface area contributed by atoms with Gasteiger partial charge in [0.15, 0.2) is 0 Å². The zero-order valence-corrected chi connectivity index (χ0v) is 17.7. The molecule has 4 rings (SSSR count). The van der Waals surface area contributed by atoms with Crippen molar-refractivity contribution >= 4 is 29.3 Å². The summed E-state index contributed by atoms with van der Waals surface area (Å²) < 4.78 is 0. The third-order valence-electron chi connectivity index (χ3n) is 6.18. The zero-order chi connectivity index (χ0) is 21.6. The molecule has 0 unspecified atom stereocenters. The molecule has 30 heavy (non-hydrogen) atoms. The smallest absolute Gasteiger partial charge is 0.262 e. The predicted octanol–water partition coefficient (Wildman–Crippen LogP) is 1.76. The third kappa shape index (κ3) is 3.71. The lowest BCUT2D eigenvalue weighted by molar-refractivity contribution is -0.136. The first-order valence-electron chi connectivity index (χ1n) is 10.5. The summed E-state index contributed by atoms with van der Waals surface area (Å²) in [6.45, 7) is 8.60. The summed E-state index contributed by atoms with van der Waals surface area (Å²) in [5.41, 5.74) is 1.50. The molecular weight excluding hydrogens is 384 g/mol. The van der Waals surface area contributed by atoms with Gasteiger partial charge in [0.25, 0.3) is 11.8 Å². The Kier molecular flexibility index (Phi) is 5.13. The van der Waals surface area contributed by atoms with Crippen LogP contribution in [-0.2, 0) is 9.59 Å². The second-order valence-corrected chi connectivity index (χ2v) is 9.31. The van der Waals surface area contributed by atoms with E-state index in [1.807, 2.05) is 6.07 Å². The second kappa shape index (κ2) is 7.50. The summed E-state index contributed by atoms with van der Waals surface area (Å²) in [6, 6.07) is 4.49. The molecule has 0 radical (unpaired) electrons. The number of anilines is 1. The number of nitrogens with one attached hydrogen (secondary N) is 2. The number of rotatable bonds is 3. The first kappa shape index (κ1) is 20.5. The molecule has 8 heteroatoms. The molecule has 3 aliphatic rings. The molecule has 2 fully saturated rings. The highest BCUT2D eigenvalue weighted by Gasteiger charge is 2.44. The lowest BCUT2D eigenvalue weighted by Crippen LogP contribution is -2.54. The number of hydrogen-bond donors (Lipinski definition) is 2. The van der Waals surface area contributed by atoms with E-state index in [1.54, 1.807) is 12.1 Å². The number of amides is 4. The number of piperidine rings is 2. The van der Waals surface area contributed by atoms with Crippen LogP contribution in [0.15, 0.2) is 18.2 Å². The van der Waals surface area contributed by atoms with Gasteiger partial charge in [0.2, 0.25) is 11.8 Å². The standard InChI is InChI=1S/C22H28N4O4/c1-22(2,3)25-10-4-5-14(12-25)23-13-6-7-15-16(11-13)21(30)26(20(15)29)17-8-9-18(27)24-19(17)28/h6-7,11,14,17,23H,4-5,8-10,12H2,1-3H3,(H,24,27,28)/t14-,17+/m1/s1. The number of nitrogens with zero attached hydrogens (tertiary/aromatic N) is 2. The first-order chi connectivity index (χ1) is 14.1. The molecule has 0 spiro atoms. The molecule has 2 N–H and O–H groups in total. The number of carbonyl (C=O) groups excluding carboxylic acids is 4. The van der Waals surface area contributed by atoms with E-state index >= 15 is 0 Å². The predicted molar refractivity (Wildman–Crippen MR) is 111 cm³/mol. The van der Waals surface area contributed by atoms with Gasteiger partial charge in [-0.05, 0) is 64.8 Å². The number of carbonyl (C=O) groups is 4. The van der Waals surface area contributed by atoms with Gasteiger partial charge in [0.05, 0.1) is 11.1 Å². The Morgan fingerprint density at radius 3 is 2.47 bits per heavy atom. The summed E-state index contributed by atoms with van der Waals surface area (Å²) in [5.74, 6) is -1.93. The number of benzene rings is 1. The maximum absolute atomic E-state index is 13.0. The van der Waals surface area contributed by atoms with Crippen molar-refractivity contribution in [1.29, 1.82) is 0 Å². The molecule has 0 bridgehead atoms. The molecule has 2 atom stereocenters. The van der Waals surface area contributed by atoms with Crippen molar-refractivity contribution in [3.05, 3.63) is 29.3 Å². The average Bonchev–Trinajstić information content (AvgIpc) is 2.92. The van der Waals surface area contributed by atoms with Gasteiger partial charge in [-0.3, -0.25) is 34.3 Å². The molecule has 1 aromatic carbocycles. The summed E-state index contributed by atoms with van der Waals surface area (Å²) in [6.07, 6.45) is 2.41. The van der Waals surface area contributed by atoms with E-state index in [2.05, 4.69) is 36.3 Å². The van der Waals surface area contributed by atoms with Crippen LogP contribution in [0.1, 0.15) is 67.2 Å². The normalized spacial score (nSPS) is 25.4. The van der Waals surface area contributed by atoms with Gasteiger partial charge in [-0.15, -0.1) is 0 Å². The largest absolute Gasteiger partial charge is 0.381 e. The summed E-state index contributed by atoms with van der Waals surface area (Å²) in [7, 11) is 0. The van der Waals surface area contributed by atoms with Crippen molar-refractivity contribution in [3.8, 4) is 0 Å². The van der Waals surface area contributed by atoms with E-state index in [4.69, 9.17) is 0 Å². The highest BCUT2D eigenvalue weighted by atomic mass is 16.2. The first-order valence-corrected chi connectivity index (χ1v) is 10.5. The van der Waals surface area contributed by atoms with E-state index in [9.17, 15) is 19.2 Å². The maximum Gasteiger partial charge on any atom is 0.262 e. The van der Waals surface area contributed by atoms with E-state index < -0.39 is 23.8 Å². The topological polar surface area (TPSA) is 98.8 Å². The van der Waals surface area contributed by atoms with Crippen molar-refractivity contribution in [2.45, 2.75) is 64.1 Å². The monoisotopic (exact) mass is 412 g/mol. The molecule has 0 aromatic heterocycles. The number of fused-ring (bicyclic) bond motifs is 1. The summed E-state index contributed by atoms with van der Waals surface area (Å²) in [4.78, 5) is 52.8.